The van der Waals surface area contributed by atoms with Crippen molar-refractivity contribution in [3.63, 3.8) is 0 Å². The molecular weight excluding hydrogens is 436 g/mol. The lowest BCUT2D eigenvalue weighted by molar-refractivity contribution is -0.127. The number of rotatable bonds is 7. The van der Waals surface area contributed by atoms with Crippen molar-refractivity contribution in [2.24, 2.45) is 0 Å². The number of sulfonamides is 1. The summed E-state index contributed by atoms with van der Waals surface area (Å²) in [4.78, 5) is 13.1. The quantitative estimate of drug-likeness (QED) is 0.536. The summed E-state index contributed by atoms with van der Waals surface area (Å²) in [5.74, 6) is 0.0530. The number of nitrogens with one attached hydrogen (secondary N) is 1. The third kappa shape index (κ3) is 5.20. The van der Waals surface area contributed by atoms with Gasteiger partial charge in [-0.15, -0.1) is 0 Å². The van der Waals surface area contributed by atoms with Gasteiger partial charge in [-0.2, -0.15) is 0 Å². The molecule has 0 bridgehead atoms. The molecule has 0 aromatic heterocycles. The molecule has 4 rings (SSSR count). The van der Waals surface area contributed by atoms with Gasteiger partial charge in [-0.3, -0.25) is 9.10 Å². The van der Waals surface area contributed by atoms with Crippen molar-refractivity contribution >= 4 is 21.6 Å². The lowest BCUT2D eigenvalue weighted by Gasteiger charge is -2.34. The highest BCUT2D eigenvalue weighted by atomic mass is 32.2. The Kier molecular flexibility index (Phi) is 6.70. The number of carbonyl (C=O) groups is 1. The van der Waals surface area contributed by atoms with Crippen LogP contribution in [0.15, 0.2) is 77.7 Å². The molecule has 6 nitrogen and oxygen atoms in total. The Bertz CT molecular complexity index is 1240. The lowest BCUT2D eigenvalue weighted by atomic mass is 10.1. The fraction of sp³-hybridized carbons (Fsp3) is 0.269. The first kappa shape index (κ1) is 22.9. The molecule has 0 aliphatic carbocycles. The van der Waals surface area contributed by atoms with Gasteiger partial charge in [-0.05, 0) is 56.5 Å². The van der Waals surface area contributed by atoms with Crippen molar-refractivity contribution in [3.8, 4) is 5.75 Å². The predicted octanol–water partition coefficient (Wildman–Crippen LogP) is 4.01. The first-order valence-corrected chi connectivity index (χ1v) is 12.5. The smallest absolute Gasteiger partial charge is 0.264 e. The number of para-hydroxylation sites is 2. The van der Waals surface area contributed by atoms with Crippen LogP contribution in [-0.4, -0.2) is 33.5 Å². The first-order valence-electron chi connectivity index (χ1n) is 11.0. The molecule has 1 aliphatic rings. The highest BCUT2D eigenvalue weighted by molar-refractivity contribution is 7.92. The maximum atomic E-state index is 13.4. The number of anilines is 1. The second-order valence-electron chi connectivity index (χ2n) is 8.31. The van der Waals surface area contributed by atoms with Gasteiger partial charge in [0.1, 0.15) is 5.75 Å². The van der Waals surface area contributed by atoms with E-state index in [4.69, 9.17) is 4.74 Å². The standard InChI is InChI=1S/C26H28N2O4S/c1-19-12-14-22(15-13-19)33(30,31)28-18-25(32-24-11-4-3-10-23(24)28)26(29)27-16-6-9-21-8-5-7-20(2)17-21/h3-5,7-8,10-15,17,25H,6,9,16,18H2,1-2H3,(H,27,29)/t25-/m1/s1. The minimum atomic E-state index is -3.85. The molecule has 1 atom stereocenters. The highest BCUT2D eigenvalue weighted by Gasteiger charge is 2.37. The zero-order valence-electron chi connectivity index (χ0n) is 18.8. The molecule has 1 amide bonds. The molecule has 0 saturated carbocycles. The van der Waals surface area contributed by atoms with Gasteiger partial charge in [-0.1, -0.05) is 59.7 Å². The van der Waals surface area contributed by atoms with Crippen molar-refractivity contribution in [3.05, 3.63) is 89.5 Å². The monoisotopic (exact) mass is 464 g/mol. The minimum absolute atomic E-state index is 0.0864. The first-order chi connectivity index (χ1) is 15.8. The van der Waals surface area contributed by atoms with Gasteiger partial charge in [0, 0.05) is 6.54 Å². The number of amides is 1. The summed E-state index contributed by atoms with van der Waals surface area (Å²) in [6, 6.07) is 21.9. The van der Waals surface area contributed by atoms with Crippen LogP contribution < -0.4 is 14.4 Å². The number of hydrogen-bond acceptors (Lipinski definition) is 4. The minimum Gasteiger partial charge on any atom is -0.476 e. The van der Waals surface area contributed by atoms with Gasteiger partial charge in [0.15, 0.2) is 6.10 Å². The molecule has 1 heterocycles. The number of benzene rings is 3. The van der Waals surface area contributed by atoms with Crippen LogP contribution in [0.1, 0.15) is 23.1 Å². The molecule has 0 fully saturated rings. The summed E-state index contributed by atoms with van der Waals surface area (Å²) >= 11 is 0. The Hall–Kier alpha value is -3.32. The molecular formula is C26H28N2O4S. The van der Waals surface area contributed by atoms with Crippen LogP contribution >= 0.6 is 0 Å². The molecule has 3 aromatic carbocycles. The van der Waals surface area contributed by atoms with E-state index < -0.39 is 16.1 Å². The van der Waals surface area contributed by atoms with E-state index in [1.165, 1.54) is 15.4 Å². The van der Waals surface area contributed by atoms with Crippen LogP contribution in [0, 0.1) is 13.8 Å². The molecule has 1 N–H and O–H groups in total. The maximum Gasteiger partial charge on any atom is 0.264 e. The highest BCUT2D eigenvalue weighted by Crippen LogP contribution is 2.36. The Morgan fingerprint density at radius 2 is 1.76 bits per heavy atom. The van der Waals surface area contributed by atoms with Crippen molar-refractivity contribution in [1.82, 2.24) is 5.32 Å². The molecule has 0 radical (unpaired) electrons. The fourth-order valence-corrected chi connectivity index (χ4v) is 5.37. The largest absolute Gasteiger partial charge is 0.476 e. The predicted molar refractivity (Wildman–Crippen MR) is 129 cm³/mol. The Morgan fingerprint density at radius 3 is 2.52 bits per heavy atom. The number of nitrogens with zero attached hydrogens (tertiary/aromatic N) is 1. The van der Waals surface area contributed by atoms with Crippen LogP contribution in [0.25, 0.3) is 0 Å². The van der Waals surface area contributed by atoms with Gasteiger partial charge < -0.3 is 10.1 Å². The van der Waals surface area contributed by atoms with Crippen molar-refractivity contribution in [2.45, 2.75) is 37.7 Å². The van der Waals surface area contributed by atoms with Crippen LogP contribution in [0.5, 0.6) is 5.75 Å². The third-order valence-electron chi connectivity index (χ3n) is 5.66. The van der Waals surface area contributed by atoms with Crippen LogP contribution in [-0.2, 0) is 21.2 Å². The van der Waals surface area contributed by atoms with E-state index in [0.29, 0.717) is 18.0 Å². The van der Waals surface area contributed by atoms with Crippen molar-refractivity contribution in [1.29, 1.82) is 0 Å². The number of carbonyl (C=O) groups excluding carboxylic acids is 1. The summed E-state index contributed by atoms with van der Waals surface area (Å²) < 4.78 is 34.0. The number of aryl methyl sites for hydroxylation is 3. The topological polar surface area (TPSA) is 75.7 Å². The average Bonchev–Trinajstić information content (AvgIpc) is 2.81. The molecule has 3 aromatic rings. The lowest BCUT2D eigenvalue weighted by Crippen LogP contribution is -2.50. The van der Waals surface area contributed by atoms with Crippen LogP contribution in [0.3, 0.4) is 0 Å². The summed E-state index contributed by atoms with van der Waals surface area (Å²) in [7, 11) is -3.85. The summed E-state index contributed by atoms with van der Waals surface area (Å²) in [6.45, 7) is 4.36. The van der Waals surface area contributed by atoms with Crippen molar-refractivity contribution < 1.29 is 17.9 Å². The maximum absolute atomic E-state index is 13.4. The SMILES string of the molecule is Cc1ccc(S(=O)(=O)N2C[C@H](C(=O)NCCCc3cccc(C)c3)Oc3ccccc32)cc1. The zero-order chi connectivity index (χ0) is 23.4. The molecule has 0 spiro atoms. The number of ether oxygens (including phenoxy) is 1. The van der Waals surface area contributed by atoms with E-state index in [1.807, 2.05) is 13.0 Å². The molecule has 172 valence electrons. The average molecular weight is 465 g/mol. The summed E-state index contributed by atoms with van der Waals surface area (Å²) in [5, 5.41) is 2.90. The Labute approximate surface area is 195 Å². The molecule has 0 unspecified atom stereocenters. The van der Waals surface area contributed by atoms with Gasteiger partial charge >= 0.3 is 0 Å². The number of fused-ring (bicyclic) bond motifs is 1. The second-order valence-corrected chi connectivity index (χ2v) is 10.2. The van der Waals surface area contributed by atoms with E-state index >= 15 is 0 Å². The van der Waals surface area contributed by atoms with Gasteiger partial charge in [0.2, 0.25) is 0 Å². The van der Waals surface area contributed by atoms with E-state index in [9.17, 15) is 13.2 Å². The molecule has 1 aliphatic heterocycles. The fourth-order valence-electron chi connectivity index (χ4n) is 3.89. The van der Waals surface area contributed by atoms with Crippen LogP contribution in [0.2, 0.25) is 0 Å². The number of hydrogen-bond donors (Lipinski definition) is 1. The molecule has 7 heteroatoms. The summed E-state index contributed by atoms with van der Waals surface area (Å²) in [6.07, 6.45) is 0.702. The van der Waals surface area contributed by atoms with E-state index in [2.05, 4.69) is 30.4 Å². The van der Waals surface area contributed by atoms with Crippen molar-refractivity contribution in [2.75, 3.05) is 17.4 Å². The van der Waals surface area contributed by atoms with E-state index in [1.54, 1.807) is 48.5 Å². The van der Waals surface area contributed by atoms with Crippen LogP contribution in [0.4, 0.5) is 5.69 Å². The Morgan fingerprint density at radius 1 is 1.00 bits per heavy atom. The van der Waals surface area contributed by atoms with Gasteiger partial charge in [-0.25, -0.2) is 8.42 Å². The molecule has 0 saturated heterocycles. The Balaban J connectivity index is 1.46. The van der Waals surface area contributed by atoms with Gasteiger partial charge in [0.05, 0.1) is 17.1 Å². The molecule has 33 heavy (non-hydrogen) atoms. The van der Waals surface area contributed by atoms with E-state index in [-0.39, 0.29) is 17.3 Å². The third-order valence-corrected chi connectivity index (χ3v) is 7.45. The zero-order valence-corrected chi connectivity index (χ0v) is 19.6. The normalized spacial score (nSPS) is 15.5. The second kappa shape index (κ2) is 9.67. The summed E-state index contributed by atoms with van der Waals surface area (Å²) in [5.41, 5.74) is 3.84. The van der Waals surface area contributed by atoms with Gasteiger partial charge in [0.25, 0.3) is 15.9 Å². The van der Waals surface area contributed by atoms with E-state index in [0.717, 1.165) is 18.4 Å².